The minimum Gasteiger partial charge on any atom is -0.368 e. The van der Waals surface area contributed by atoms with Crippen molar-refractivity contribution in [3.05, 3.63) is 65.8 Å². The molecule has 5 rings (SSSR count). The summed E-state index contributed by atoms with van der Waals surface area (Å²) in [5.74, 6) is 0. The van der Waals surface area contributed by atoms with Gasteiger partial charge in [-0.15, -0.1) is 0 Å². The van der Waals surface area contributed by atoms with Gasteiger partial charge >= 0.3 is 0 Å². The zero-order valence-corrected chi connectivity index (χ0v) is 19.5. The molecule has 0 bridgehead atoms. The highest BCUT2D eigenvalue weighted by Gasteiger charge is 2.34. The van der Waals surface area contributed by atoms with E-state index >= 15 is 0 Å². The SMILES string of the molecule is O=S(=O)(c1cn(C2CCCC2)nc1-c1ccccc1)N1CCN(c2ccccc2Cl)CC1. The van der Waals surface area contributed by atoms with Crippen LogP contribution in [0.25, 0.3) is 11.3 Å². The zero-order valence-electron chi connectivity index (χ0n) is 17.9. The van der Waals surface area contributed by atoms with Crippen molar-refractivity contribution < 1.29 is 8.42 Å². The second-order valence-electron chi connectivity index (χ2n) is 8.47. The molecule has 1 saturated carbocycles. The van der Waals surface area contributed by atoms with E-state index in [2.05, 4.69) is 4.90 Å². The van der Waals surface area contributed by atoms with Crippen molar-refractivity contribution in [2.45, 2.75) is 36.6 Å². The van der Waals surface area contributed by atoms with Crippen LogP contribution in [0.15, 0.2) is 65.7 Å². The van der Waals surface area contributed by atoms with E-state index in [1.807, 2.05) is 59.3 Å². The van der Waals surface area contributed by atoms with E-state index in [1.54, 1.807) is 10.5 Å². The van der Waals surface area contributed by atoms with Crippen molar-refractivity contribution >= 4 is 27.3 Å². The summed E-state index contributed by atoms with van der Waals surface area (Å²) in [5, 5.41) is 5.47. The van der Waals surface area contributed by atoms with Crippen LogP contribution in [0.4, 0.5) is 5.69 Å². The maximum Gasteiger partial charge on any atom is 0.246 e. The van der Waals surface area contributed by atoms with Crippen LogP contribution in [0.2, 0.25) is 5.02 Å². The summed E-state index contributed by atoms with van der Waals surface area (Å²) >= 11 is 6.35. The minimum atomic E-state index is -3.67. The first-order valence-electron chi connectivity index (χ1n) is 11.2. The molecular formula is C24H27ClN4O2S. The second kappa shape index (κ2) is 8.89. The van der Waals surface area contributed by atoms with E-state index in [0.29, 0.717) is 41.8 Å². The van der Waals surface area contributed by atoms with E-state index in [-0.39, 0.29) is 6.04 Å². The molecule has 2 fully saturated rings. The number of anilines is 1. The smallest absolute Gasteiger partial charge is 0.246 e. The molecule has 0 spiro atoms. The van der Waals surface area contributed by atoms with E-state index in [0.717, 1.165) is 36.9 Å². The van der Waals surface area contributed by atoms with Gasteiger partial charge in [0.25, 0.3) is 0 Å². The number of nitrogens with zero attached hydrogens (tertiary/aromatic N) is 4. The lowest BCUT2D eigenvalue weighted by molar-refractivity contribution is 0.385. The Kier molecular flexibility index (Phi) is 5.97. The van der Waals surface area contributed by atoms with Crippen LogP contribution in [0.5, 0.6) is 0 Å². The molecular weight excluding hydrogens is 444 g/mol. The van der Waals surface area contributed by atoms with E-state index in [9.17, 15) is 8.42 Å². The molecule has 1 aliphatic carbocycles. The zero-order chi connectivity index (χ0) is 22.1. The number of para-hydroxylation sites is 1. The van der Waals surface area contributed by atoms with Gasteiger partial charge in [0.2, 0.25) is 10.0 Å². The fraction of sp³-hybridized carbons (Fsp3) is 0.375. The van der Waals surface area contributed by atoms with Crippen LogP contribution in [0.3, 0.4) is 0 Å². The van der Waals surface area contributed by atoms with Crippen LogP contribution in [0.1, 0.15) is 31.7 Å². The molecule has 2 aliphatic rings. The van der Waals surface area contributed by atoms with Gasteiger partial charge in [0.15, 0.2) is 0 Å². The molecule has 8 heteroatoms. The van der Waals surface area contributed by atoms with Crippen molar-refractivity contribution in [2.75, 3.05) is 31.1 Å². The molecule has 0 atom stereocenters. The van der Waals surface area contributed by atoms with Gasteiger partial charge in [0, 0.05) is 37.9 Å². The summed E-state index contributed by atoms with van der Waals surface area (Å²) in [5.41, 5.74) is 2.33. The third-order valence-corrected chi connectivity index (χ3v) is 8.71. The number of halogens is 1. The molecule has 6 nitrogen and oxygen atoms in total. The summed E-state index contributed by atoms with van der Waals surface area (Å²) in [6.07, 6.45) is 6.18. The summed E-state index contributed by atoms with van der Waals surface area (Å²) in [7, 11) is -3.67. The molecule has 2 heterocycles. The van der Waals surface area contributed by atoms with Gasteiger partial charge in [0.1, 0.15) is 10.6 Å². The molecule has 0 unspecified atom stereocenters. The van der Waals surface area contributed by atoms with Crippen LogP contribution in [-0.4, -0.2) is 48.7 Å². The van der Waals surface area contributed by atoms with Crippen molar-refractivity contribution in [3.63, 3.8) is 0 Å². The first-order chi connectivity index (χ1) is 15.5. The molecule has 168 valence electrons. The number of hydrogen-bond donors (Lipinski definition) is 0. The molecule has 0 amide bonds. The Morgan fingerprint density at radius 1 is 0.875 bits per heavy atom. The predicted octanol–water partition coefficient (Wildman–Crippen LogP) is 4.83. The second-order valence-corrected chi connectivity index (χ2v) is 10.8. The maximum absolute atomic E-state index is 13.7. The highest BCUT2D eigenvalue weighted by atomic mass is 35.5. The van der Waals surface area contributed by atoms with Gasteiger partial charge in [-0.1, -0.05) is 66.9 Å². The van der Waals surface area contributed by atoms with E-state index in [4.69, 9.17) is 16.7 Å². The number of benzene rings is 2. The Balaban J connectivity index is 1.44. The average Bonchev–Trinajstić information content (AvgIpc) is 3.51. The quantitative estimate of drug-likeness (QED) is 0.536. The lowest BCUT2D eigenvalue weighted by Gasteiger charge is -2.35. The van der Waals surface area contributed by atoms with Crippen molar-refractivity contribution in [1.82, 2.24) is 14.1 Å². The lowest BCUT2D eigenvalue weighted by Crippen LogP contribution is -2.48. The molecule has 0 radical (unpaired) electrons. The molecule has 3 aromatic rings. The minimum absolute atomic E-state index is 0.276. The average molecular weight is 471 g/mol. The Morgan fingerprint density at radius 3 is 2.22 bits per heavy atom. The normalized spacial score (nSPS) is 18.3. The van der Waals surface area contributed by atoms with Crippen LogP contribution < -0.4 is 4.90 Å². The third kappa shape index (κ3) is 4.05. The van der Waals surface area contributed by atoms with E-state index in [1.165, 1.54) is 0 Å². The molecule has 1 aliphatic heterocycles. The largest absolute Gasteiger partial charge is 0.368 e. The first kappa shape index (κ1) is 21.5. The van der Waals surface area contributed by atoms with Crippen molar-refractivity contribution in [1.29, 1.82) is 0 Å². The molecule has 0 N–H and O–H groups in total. The van der Waals surface area contributed by atoms with Gasteiger partial charge in [0.05, 0.1) is 16.8 Å². The van der Waals surface area contributed by atoms with Crippen molar-refractivity contribution in [2.24, 2.45) is 0 Å². The number of rotatable bonds is 5. The highest BCUT2D eigenvalue weighted by Crippen LogP contribution is 2.35. The van der Waals surface area contributed by atoms with Gasteiger partial charge in [-0.05, 0) is 25.0 Å². The van der Waals surface area contributed by atoms with Crippen LogP contribution in [-0.2, 0) is 10.0 Å². The number of sulfonamides is 1. The van der Waals surface area contributed by atoms with Crippen LogP contribution in [0, 0.1) is 0 Å². The van der Waals surface area contributed by atoms with Gasteiger partial charge in [-0.2, -0.15) is 9.40 Å². The Bertz CT molecular complexity index is 1180. The fourth-order valence-corrected chi connectivity index (χ4v) is 6.55. The summed E-state index contributed by atoms with van der Waals surface area (Å²) in [6, 6.07) is 17.6. The highest BCUT2D eigenvalue weighted by molar-refractivity contribution is 7.89. The number of aromatic nitrogens is 2. The van der Waals surface area contributed by atoms with Gasteiger partial charge in [-0.3, -0.25) is 4.68 Å². The maximum atomic E-state index is 13.7. The molecule has 2 aromatic carbocycles. The molecule has 1 aromatic heterocycles. The standard InChI is InChI=1S/C24H27ClN4O2S/c25-21-12-6-7-13-22(21)27-14-16-28(17-15-27)32(30,31)23-18-29(20-10-4-5-11-20)26-24(23)19-8-2-1-3-9-19/h1-3,6-9,12-13,18,20H,4-5,10-11,14-17H2. The third-order valence-electron chi connectivity index (χ3n) is 6.49. The fourth-order valence-electron chi connectivity index (χ4n) is 4.73. The molecule has 32 heavy (non-hydrogen) atoms. The Labute approximate surface area is 194 Å². The van der Waals surface area contributed by atoms with E-state index < -0.39 is 10.0 Å². The van der Waals surface area contributed by atoms with Crippen LogP contribution >= 0.6 is 11.6 Å². The summed E-state index contributed by atoms with van der Waals surface area (Å²) in [6.45, 7) is 2.02. The monoisotopic (exact) mass is 470 g/mol. The van der Waals surface area contributed by atoms with Gasteiger partial charge in [-0.25, -0.2) is 8.42 Å². The number of piperazine rings is 1. The predicted molar refractivity (Wildman–Crippen MR) is 128 cm³/mol. The van der Waals surface area contributed by atoms with Crippen molar-refractivity contribution in [3.8, 4) is 11.3 Å². The Morgan fingerprint density at radius 2 is 1.53 bits per heavy atom. The topological polar surface area (TPSA) is 58.4 Å². The lowest BCUT2D eigenvalue weighted by atomic mass is 10.2. The van der Waals surface area contributed by atoms with Gasteiger partial charge < -0.3 is 4.90 Å². The molecule has 1 saturated heterocycles. The first-order valence-corrected chi connectivity index (χ1v) is 13.0. The number of hydrogen-bond acceptors (Lipinski definition) is 4. The summed E-state index contributed by atoms with van der Waals surface area (Å²) in [4.78, 5) is 2.45. The Hall–Kier alpha value is -2.35. The summed E-state index contributed by atoms with van der Waals surface area (Å²) < 4.78 is 31.0.